The number of carbonyl (C=O) groups excluding carboxylic acids is 3. The van der Waals surface area contributed by atoms with E-state index in [1.807, 2.05) is 18.2 Å². The highest BCUT2D eigenvalue weighted by molar-refractivity contribution is 5.94. The minimum atomic E-state index is -2.97. The number of hydrogen-bond acceptors (Lipinski definition) is 7. The van der Waals surface area contributed by atoms with Gasteiger partial charge >= 0.3 is 6.61 Å². The first-order chi connectivity index (χ1) is 21.3. The molecule has 5 aliphatic heterocycles. The van der Waals surface area contributed by atoms with Crippen LogP contribution >= 0.6 is 0 Å². The maximum absolute atomic E-state index is 13.3. The first-order valence-corrected chi connectivity index (χ1v) is 14.2. The fourth-order valence-corrected chi connectivity index (χ4v) is 5.14. The Kier molecular flexibility index (Phi) is 9.78. The lowest BCUT2D eigenvalue weighted by molar-refractivity contribution is -0.125. The van der Waals surface area contributed by atoms with Crippen LogP contribution in [0.4, 0.5) is 8.78 Å². The summed E-state index contributed by atoms with van der Waals surface area (Å²) in [5.41, 5.74) is 2.08. The first kappa shape index (κ1) is 30.6. The maximum Gasteiger partial charge on any atom is 0.387 e. The van der Waals surface area contributed by atoms with Gasteiger partial charge in [0, 0.05) is 38.0 Å². The number of likely N-dealkylation sites (tertiary alicyclic amines) is 1. The lowest BCUT2D eigenvalue weighted by Crippen LogP contribution is -2.58. The number of amides is 3. The maximum atomic E-state index is 13.3. The van der Waals surface area contributed by atoms with Crippen LogP contribution in [0.5, 0.6) is 23.0 Å². The van der Waals surface area contributed by atoms with Crippen molar-refractivity contribution >= 4 is 17.7 Å². The average molecular weight is 610 g/mol. The topological polar surface area (TPSA) is 115 Å². The van der Waals surface area contributed by atoms with E-state index in [0.29, 0.717) is 55.2 Å². The van der Waals surface area contributed by atoms with Crippen LogP contribution in [0.3, 0.4) is 0 Å². The van der Waals surface area contributed by atoms with Crippen molar-refractivity contribution in [2.24, 2.45) is 0 Å². The predicted octanol–water partition coefficient (Wildman–Crippen LogP) is 3.72. The zero-order valence-corrected chi connectivity index (χ0v) is 24.1. The van der Waals surface area contributed by atoms with Gasteiger partial charge < -0.3 is 34.5 Å². The fraction of sp³-hybridized carbons (Fsp3) is 0.344. The van der Waals surface area contributed by atoms with Gasteiger partial charge in [-0.15, -0.1) is 0 Å². The van der Waals surface area contributed by atoms with Crippen molar-refractivity contribution in [1.82, 2.24) is 15.5 Å². The van der Waals surface area contributed by atoms with Crippen molar-refractivity contribution in [1.29, 1.82) is 0 Å². The van der Waals surface area contributed by atoms with Crippen LogP contribution in [-0.2, 0) is 22.6 Å². The molecule has 0 aliphatic carbocycles. The Hall–Kier alpha value is -4.87. The molecular weight excluding hydrogens is 576 g/mol. The number of halogens is 2. The molecular formula is C32H33F2N3O7. The van der Waals surface area contributed by atoms with Gasteiger partial charge in [0.2, 0.25) is 5.91 Å². The summed E-state index contributed by atoms with van der Waals surface area (Å²) in [7, 11) is 1.50. The number of rotatable bonds is 4. The van der Waals surface area contributed by atoms with Gasteiger partial charge in [-0.25, -0.2) is 0 Å². The van der Waals surface area contributed by atoms with Crippen molar-refractivity contribution in [3.05, 3.63) is 83.4 Å². The minimum absolute atomic E-state index is 0.0503. The summed E-state index contributed by atoms with van der Waals surface area (Å²) in [6.07, 6.45) is 0.752. The van der Waals surface area contributed by atoms with Crippen molar-refractivity contribution in [3.8, 4) is 23.0 Å². The molecule has 2 atom stereocenters. The third-order valence-corrected chi connectivity index (χ3v) is 7.44. The zero-order valence-electron chi connectivity index (χ0n) is 24.1. The molecule has 12 heteroatoms. The number of ether oxygens (including phenoxy) is 4. The summed E-state index contributed by atoms with van der Waals surface area (Å²) < 4.78 is 46.9. The highest BCUT2D eigenvalue weighted by Gasteiger charge is 2.34. The molecule has 0 unspecified atom stereocenters. The molecule has 1 saturated heterocycles. The van der Waals surface area contributed by atoms with Gasteiger partial charge in [0.25, 0.3) is 11.8 Å². The smallest absolute Gasteiger partial charge is 0.387 e. The average Bonchev–Trinajstić information content (AvgIpc) is 3.02. The molecule has 0 saturated carbocycles. The molecule has 0 spiro atoms. The summed E-state index contributed by atoms with van der Waals surface area (Å²) in [5, 5.41) is 5.89. The van der Waals surface area contributed by atoms with E-state index in [1.54, 1.807) is 29.2 Å². The van der Waals surface area contributed by atoms with Gasteiger partial charge in [0.15, 0.2) is 18.1 Å². The Labute approximate surface area is 253 Å². The van der Waals surface area contributed by atoms with E-state index in [1.165, 1.54) is 31.4 Å². The second kappa shape index (κ2) is 14.1. The molecule has 3 aromatic rings. The lowest BCUT2D eigenvalue weighted by Gasteiger charge is -2.39. The van der Waals surface area contributed by atoms with Gasteiger partial charge in [0.1, 0.15) is 17.6 Å². The number of alkyl halides is 2. The van der Waals surface area contributed by atoms with E-state index in [9.17, 15) is 23.2 Å². The Bertz CT molecular complexity index is 1470. The Morgan fingerprint density at radius 3 is 2.45 bits per heavy atom. The summed E-state index contributed by atoms with van der Waals surface area (Å²) in [6, 6.07) is 17.5. The monoisotopic (exact) mass is 609 g/mol. The predicted molar refractivity (Wildman–Crippen MR) is 155 cm³/mol. The van der Waals surface area contributed by atoms with E-state index < -0.39 is 24.7 Å². The number of benzene rings is 3. The van der Waals surface area contributed by atoms with Crippen LogP contribution in [0.25, 0.3) is 0 Å². The molecule has 0 radical (unpaired) electrons. The summed E-state index contributed by atoms with van der Waals surface area (Å²) in [4.78, 5) is 40.4. The van der Waals surface area contributed by atoms with Gasteiger partial charge in [0.05, 0.1) is 13.2 Å². The van der Waals surface area contributed by atoms with E-state index in [-0.39, 0.29) is 30.7 Å². The molecule has 232 valence electrons. The molecule has 44 heavy (non-hydrogen) atoms. The molecule has 3 amide bonds. The van der Waals surface area contributed by atoms with Crippen LogP contribution in [0.1, 0.15) is 34.3 Å². The molecule has 5 aliphatic rings. The Balaban J connectivity index is 1.35. The number of carbonyl (C=O) groups is 3. The normalized spacial score (nSPS) is 19.2. The lowest BCUT2D eigenvalue weighted by atomic mass is 10.0. The third kappa shape index (κ3) is 7.94. The number of nitrogens with zero attached hydrogens (tertiary/aromatic N) is 1. The van der Waals surface area contributed by atoms with Crippen molar-refractivity contribution in [2.75, 3.05) is 26.8 Å². The Morgan fingerprint density at radius 1 is 0.977 bits per heavy atom. The van der Waals surface area contributed by atoms with Crippen LogP contribution < -0.4 is 29.6 Å². The van der Waals surface area contributed by atoms with E-state index in [4.69, 9.17) is 14.2 Å². The van der Waals surface area contributed by atoms with Crippen LogP contribution in [0.15, 0.2) is 66.7 Å². The van der Waals surface area contributed by atoms with Crippen molar-refractivity contribution < 1.29 is 42.1 Å². The van der Waals surface area contributed by atoms with Gasteiger partial charge in [-0.1, -0.05) is 18.2 Å². The van der Waals surface area contributed by atoms with Crippen LogP contribution in [0.2, 0.25) is 0 Å². The second-order valence-corrected chi connectivity index (χ2v) is 10.5. The molecule has 5 heterocycles. The highest BCUT2D eigenvalue weighted by Crippen LogP contribution is 2.29. The number of methoxy groups -OCH3 is 1. The standard InChI is InChI=1S/C32H33F2N3O7/c1-41-28-16-20-4-12-27(28)42-19-30(39)36-25-18-37(31(40)22-6-10-24(11-7-22)44-32(33)34)15-14-26(25)43-23-8-2-21(3-9-23)17-35-29(38)13-5-20/h2-4,6-12,16,25-26,32H,5,13-15,17-19H2,1H3,(H,35,38)(H,36,39)/t25-,26-/m1/s1. The van der Waals surface area contributed by atoms with E-state index in [0.717, 1.165) is 11.1 Å². The number of nitrogens with one attached hydrogen (secondary N) is 2. The van der Waals surface area contributed by atoms with Crippen LogP contribution in [0, 0.1) is 0 Å². The molecule has 8 rings (SSSR count). The second-order valence-electron chi connectivity index (χ2n) is 10.5. The highest BCUT2D eigenvalue weighted by atomic mass is 19.3. The van der Waals surface area contributed by atoms with Gasteiger partial charge in [-0.3, -0.25) is 14.4 Å². The number of piperidine rings is 1. The quantitative estimate of drug-likeness (QED) is 0.464. The fourth-order valence-electron chi connectivity index (χ4n) is 5.14. The minimum Gasteiger partial charge on any atom is -0.493 e. The van der Waals surface area contributed by atoms with Crippen molar-refractivity contribution in [2.45, 2.75) is 44.6 Å². The number of aryl methyl sites for hydroxylation is 1. The Morgan fingerprint density at radius 2 is 1.73 bits per heavy atom. The summed E-state index contributed by atoms with van der Waals surface area (Å²) >= 11 is 0. The third-order valence-electron chi connectivity index (χ3n) is 7.44. The largest absolute Gasteiger partial charge is 0.493 e. The number of hydrogen-bond donors (Lipinski definition) is 2. The molecule has 4 bridgehead atoms. The van der Waals surface area contributed by atoms with Crippen LogP contribution in [-0.4, -0.2) is 68.2 Å². The molecule has 3 aromatic carbocycles. The van der Waals surface area contributed by atoms with Gasteiger partial charge in [-0.2, -0.15) is 8.78 Å². The van der Waals surface area contributed by atoms with Gasteiger partial charge in [-0.05, 0) is 66.1 Å². The van der Waals surface area contributed by atoms with E-state index in [2.05, 4.69) is 15.4 Å². The molecule has 2 N–H and O–H groups in total. The zero-order chi connectivity index (χ0) is 31.1. The SMILES string of the molecule is COc1cc2ccc1OCC(=O)N[C@@H]1CN(C(=O)c3ccc(OC(F)F)cc3)CC[C@H]1Oc1ccc(cc1)CNC(=O)CC2. The van der Waals surface area contributed by atoms with E-state index >= 15 is 0 Å². The molecule has 1 fully saturated rings. The first-order valence-electron chi connectivity index (χ1n) is 14.2. The molecule has 0 aromatic heterocycles. The summed E-state index contributed by atoms with van der Waals surface area (Å²) in [5.74, 6) is 0.512. The summed E-state index contributed by atoms with van der Waals surface area (Å²) in [6.45, 7) is -2.42. The molecule has 10 nitrogen and oxygen atoms in total. The van der Waals surface area contributed by atoms with Crippen molar-refractivity contribution in [3.63, 3.8) is 0 Å².